The van der Waals surface area contributed by atoms with Gasteiger partial charge in [-0.2, -0.15) is 0 Å². The molecule has 3 heterocycles. The van der Waals surface area contributed by atoms with Crippen molar-refractivity contribution in [2.45, 2.75) is 6.42 Å². The molecule has 2 N–H and O–H groups in total. The van der Waals surface area contributed by atoms with E-state index in [4.69, 9.17) is 5.73 Å². The number of nitrogen functional groups attached to an aromatic ring is 1. The van der Waals surface area contributed by atoms with Crippen molar-refractivity contribution in [2.24, 2.45) is 0 Å². The van der Waals surface area contributed by atoms with Gasteiger partial charge in [-0.3, -0.25) is 9.78 Å². The lowest BCUT2D eigenvalue weighted by atomic mass is 10.1. The quantitative estimate of drug-likeness (QED) is 0.796. The van der Waals surface area contributed by atoms with Crippen LogP contribution < -0.4 is 10.6 Å². The van der Waals surface area contributed by atoms with E-state index in [1.54, 1.807) is 18.5 Å². The highest BCUT2D eigenvalue weighted by Gasteiger charge is 2.19. The largest absolute Gasteiger partial charge is 0.383 e. The van der Waals surface area contributed by atoms with Crippen LogP contribution in [0.2, 0.25) is 0 Å². The first-order valence-corrected chi connectivity index (χ1v) is 8.55. The van der Waals surface area contributed by atoms with Crippen molar-refractivity contribution < 1.29 is 7.65 Å². The number of nitrogens with zero attached hydrogens (tertiary/aromatic N) is 5. The Balaban J connectivity index is 0.00000169. The van der Waals surface area contributed by atoms with Gasteiger partial charge in [0.15, 0.2) is 0 Å². The number of carbonyl (C=O) groups is 1. The highest BCUT2D eigenvalue weighted by Crippen LogP contribution is 2.20. The summed E-state index contributed by atoms with van der Waals surface area (Å²) in [5, 5.41) is 0. The monoisotopic (exact) mass is 394 g/mol. The molecular formula is C16H23BrN6O. The van der Waals surface area contributed by atoms with Gasteiger partial charge in [-0.05, 0) is 42.0 Å². The van der Waals surface area contributed by atoms with Gasteiger partial charge in [-0.25, -0.2) is 9.97 Å². The van der Waals surface area contributed by atoms with Gasteiger partial charge in [0.05, 0.1) is 18.0 Å². The Kier molecular flexibility index (Phi) is 5.06. The van der Waals surface area contributed by atoms with Crippen molar-refractivity contribution >= 4 is 33.3 Å². The van der Waals surface area contributed by atoms with Crippen molar-refractivity contribution in [1.29, 1.82) is 0 Å². The molecule has 0 spiro atoms. The fourth-order valence-corrected chi connectivity index (χ4v) is 2.99. The van der Waals surface area contributed by atoms with E-state index in [9.17, 15) is 4.79 Å². The molecule has 1 aliphatic heterocycles. The molecule has 2 aromatic heterocycles. The molecule has 0 saturated carbocycles. The summed E-state index contributed by atoms with van der Waals surface area (Å²) in [7, 11) is 2.11. The Morgan fingerprint density at radius 2 is 2.08 bits per heavy atom. The summed E-state index contributed by atoms with van der Waals surface area (Å²) in [5.41, 5.74) is 6.43. The Morgan fingerprint density at radius 1 is 1.25 bits per heavy atom. The minimum atomic E-state index is -0.275. The maximum Gasteiger partial charge on any atom is 0.216 e. The molecule has 130 valence electrons. The fraction of sp³-hybridized carbons (Fsp3) is 0.375. The average Bonchev–Trinajstić information content (AvgIpc) is 2.81. The van der Waals surface area contributed by atoms with E-state index in [2.05, 4.69) is 47.7 Å². The first kappa shape index (κ1) is 16.8. The van der Waals surface area contributed by atoms with E-state index in [1.165, 1.54) is 6.20 Å². The number of rotatable bonds is 3. The van der Waals surface area contributed by atoms with Crippen LogP contribution >= 0.6 is 15.9 Å². The maximum atomic E-state index is 12.7. The van der Waals surface area contributed by atoms with E-state index in [0.717, 1.165) is 38.4 Å². The van der Waals surface area contributed by atoms with Gasteiger partial charge in [0, 0.05) is 33.2 Å². The van der Waals surface area contributed by atoms with Crippen molar-refractivity contribution in [3.8, 4) is 0 Å². The lowest BCUT2D eigenvalue weighted by Gasteiger charge is -2.21. The fourth-order valence-electron chi connectivity index (χ4n) is 2.66. The smallest absolute Gasteiger partial charge is 0.216 e. The number of aromatic nitrogens is 3. The van der Waals surface area contributed by atoms with Crippen LogP contribution in [0.15, 0.2) is 29.1 Å². The number of carbonyl (C=O) groups excluding carboxylic acids is 1. The third kappa shape index (κ3) is 3.70. The third-order valence-corrected chi connectivity index (χ3v) is 4.46. The first-order valence-electron chi connectivity index (χ1n) is 7.76. The van der Waals surface area contributed by atoms with Crippen LogP contribution in [0.25, 0.3) is 0 Å². The second-order valence-electron chi connectivity index (χ2n) is 5.82. The second-order valence-corrected chi connectivity index (χ2v) is 6.74. The number of anilines is 2. The summed E-state index contributed by atoms with van der Waals surface area (Å²) in [4.78, 5) is 29.9. The number of hydrogen-bond acceptors (Lipinski definition) is 7. The molecule has 0 bridgehead atoms. The van der Waals surface area contributed by atoms with Crippen LogP contribution in [-0.4, -0.2) is 58.9 Å². The van der Waals surface area contributed by atoms with Crippen LogP contribution in [0, 0.1) is 0 Å². The zero-order valence-electron chi connectivity index (χ0n) is 13.4. The predicted molar refractivity (Wildman–Crippen MR) is 100 cm³/mol. The molecule has 0 aromatic carbocycles. The maximum absolute atomic E-state index is 12.7. The standard InChI is InChI=1S/C16H19BrN6O.2H2/c1-22-3-2-4-23(6-5-22)14-10-19-9-13(21-14)15(24)12-7-11(17)8-20-16(12)18;;/h7-10H,2-6H2,1H3,(H2,18,20);2*1H. The Hall–Kier alpha value is -2.06. The number of nitrogens with two attached hydrogens (primary N) is 1. The van der Waals surface area contributed by atoms with Gasteiger partial charge >= 0.3 is 0 Å². The number of ketones is 1. The van der Waals surface area contributed by atoms with Crippen molar-refractivity contribution in [3.05, 3.63) is 40.4 Å². The Labute approximate surface area is 152 Å². The van der Waals surface area contributed by atoms with Crippen LogP contribution in [0.4, 0.5) is 11.6 Å². The molecule has 7 nitrogen and oxygen atoms in total. The third-order valence-electron chi connectivity index (χ3n) is 4.03. The number of hydrogen-bond donors (Lipinski definition) is 1. The van der Waals surface area contributed by atoms with E-state index in [1.807, 2.05) is 0 Å². The molecule has 0 radical (unpaired) electrons. The SMILES string of the molecule is CN1CCCN(c2cncc(C(=O)c3cc(Br)cnc3N)n2)CC1.[HH].[HH]. The normalized spacial score (nSPS) is 16.0. The van der Waals surface area contributed by atoms with Crippen LogP contribution in [-0.2, 0) is 0 Å². The molecule has 1 saturated heterocycles. The van der Waals surface area contributed by atoms with E-state index in [-0.39, 0.29) is 20.1 Å². The highest BCUT2D eigenvalue weighted by molar-refractivity contribution is 9.10. The summed E-state index contributed by atoms with van der Waals surface area (Å²) in [6.45, 7) is 3.78. The predicted octanol–water partition coefficient (Wildman–Crippen LogP) is 2.08. The average molecular weight is 395 g/mol. The van der Waals surface area contributed by atoms with E-state index in [0.29, 0.717) is 10.0 Å². The van der Waals surface area contributed by atoms with Crippen molar-refractivity contribution in [3.63, 3.8) is 0 Å². The molecular weight excluding hydrogens is 372 g/mol. The molecule has 24 heavy (non-hydrogen) atoms. The summed E-state index contributed by atoms with van der Waals surface area (Å²) in [6.07, 6.45) is 5.78. The van der Waals surface area contributed by atoms with Gasteiger partial charge in [0.2, 0.25) is 5.78 Å². The lowest BCUT2D eigenvalue weighted by Crippen LogP contribution is -2.29. The first-order chi connectivity index (χ1) is 11.5. The number of likely N-dealkylation sites (N-methyl/N-ethyl adjacent to an activating group) is 1. The van der Waals surface area contributed by atoms with Crippen LogP contribution in [0.5, 0.6) is 0 Å². The topological polar surface area (TPSA) is 88.2 Å². The summed E-state index contributed by atoms with van der Waals surface area (Å²) in [5.74, 6) is 0.632. The molecule has 0 aliphatic carbocycles. The molecule has 0 unspecified atom stereocenters. The van der Waals surface area contributed by atoms with Crippen molar-refractivity contribution in [1.82, 2.24) is 19.9 Å². The molecule has 1 aliphatic rings. The number of pyridine rings is 1. The minimum Gasteiger partial charge on any atom is -0.383 e. The van der Waals surface area contributed by atoms with Gasteiger partial charge in [-0.1, -0.05) is 0 Å². The summed E-state index contributed by atoms with van der Waals surface area (Å²) >= 11 is 3.31. The lowest BCUT2D eigenvalue weighted by molar-refractivity contribution is 0.103. The van der Waals surface area contributed by atoms with E-state index >= 15 is 0 Å². The summed E-state index contributed by atoms with van der Waals surface area (Å²) in [6, 6.07) is 1.65. The Morgan fingerprint density at radius 3 is 2.92 bits per heavy atom. The molecule has 3 rings (SSSR count). The van der Waals surface area contributed by atoms with Crippen LogP contribution in [0.3, 0.4) is 0 Å². The van der Waals surface area contributed by atoms with Gasteiger partial charge < -0.3 is 15.5 Å². The molecule has 0 amide bonds. The zero-order valence-corrected chi connectivity index (χ0v) is 15.0. The molecule has 1 fully saturated rings. The van der Waals surface area contributed by atoms with Crippen molar-refractivity contribution in [2.75, 3.05) is 43.9 Å². The minimum absolute atomic E-state index is 0. The van der Waals surface area contributed by atoms with Gasteiger partial charge in [0.25, 0.3) is 0 Å². The second kappa shape index (κ2) is 7.23. The Bertz CT molecular complexity index is 763. The number of halogens is 1. The highest BCUT2D eigenvalue weighted by atomic mass is 79.9. The van der Waals surface area contributed by atoms with Crippen LogP contribution in [0.1, 0.15) is 25.3 Å². The van der Waals surface area contributed by atoms with Gasteiger partial charge in [-0.15, -0.1) is 0 Å². The summed E-state index contributed by atoms with van der Waals surface area (Å²) < 4.78 is 0.694. The molecule has 0 atom stereocenters. The van der Waals surface area contributed by atoms with Gasteiger partial charge in [0.1, 0.15) is 17.3 Å². The molecule has 2 aromatic rings. The zero-order chi connectivity index (χ0) is 17.1. The molecule has 8 heteroatoms. The van der Waals surface area contributed by atoms with E-state index < -0.39 is 0 Å².